The molecule has 0 fully saturated rings. The number of nitrogens with one attached hydrogen (secondary N) is 1. The number of carbonyl (C=O) groups is 2. The van der Waals surface area contributed by atoms with E-state index in [0.29, 0.717) is 12.8 Å². The van der Waals surface area contributed by atoms with Gasteiger partial charge in [0.15, 0.2) is 0 Å². The molecular formula is C21H34N2O3. The van der Waals surface area contributed by atoms with E-state index < -0.39 is 18.1 Å². The van der Waals surface area contributed by atoms with Gasteiger partial charge in [0.25, 0.3) is 0 Å². The largest absolute Gasteiger partial charge is 0.391 e. The third kappa shape index (κ3) is 10.2. The summed E-state index contributed by atoms with van der Waals surface area (Å²) < 4.78 is 0. The molecule has 0 aliphatic rings. The summed E-state index contributed by atoms with van der Waals surface area (Å²) in [6.45, 7) is 2.15. The van der Waals surface area contributed by atoms with Gasteiger partial charge in [-0.05, 0) is 31.2 Å². The number of amides is 2. The number of aliphatic hydroxyl groups excluding tert-OH is 1. The minimum Gasteiger partial charge on any atom is -0.391 e. The van der Waals surface area contributed by atoms with Gasteiger partial charge in [0.2, 0.25) is 11.8 Å². The fraction of sp³-hybridized carbons (Fsp3) is 0.619. The standard InChI is InChI=1S/C21H34N2O3/c1-2-3-4-5-9-15-21(26)23-18(16-20(22)25)19(24)14-10-13-17-11-7-6-8-12-17/h6-8,11-12,18-19,24H,2-5,9-10,13-16H2,1H3,(H2,22,25)(H,23,26)/t18-,19?/m1/s1. The van der Waals surface area contributed by atoms with E-state index in [-0.39, 0.29) is 12.3 Å². The van der Waals surface area contributed by atoms with Gasteiger partial charge >= 0.3 is 0 Å². The molecule has 0 aromatic heterocycles. The zero-order chi connectivity index (χ0) is 19.2. The first-order valence-electron chi connectivity index (χ1n) is 9.82. The Morgan fingerprint density at radius 1 is 1.08 bits per heavy atom. The van der Waals surface area contributed by atoms with Crippen LogP contribution in [0.5, 0.6) is 0 Å². The summed E-state index contributed by atoms with van der Waals surface area (Å²) in [5.74, 6) is -0.629. The van der Waals surface area contributed by atoms with Gasteiger partial charge in [-0.25, -0.2) is 0 Å². The molecule has 2 amide bonds. The van der Waals surface area contributed by atoms with Crippen molar-refractivity contribution in [2.24, 2.45) is 5.73 Å². The van der Waals surface area contributed by atoms with Gasteiger partial charge in [-0.2, -0.15) is 0 Å². The van der Waals surface area contributed by atoms with Gasteiger partial charge in [0, 0.05) is 12.8 Å². The smallest absolute Gasteiger partial charge is 0.220 e. The Labute approximate surface area is 157 Å². The maximum Gasteiger partial charge on any atom is 0.220 e. The maximum absolute atomic E-state index is 12.1. The number of rotatable bonds is 14. The second kappa shape index (κ2) is 13.3. The summed E-state index contributed by atoms with van der Waals surface area (Å²) in [5, 5.41) is 13.2. The fourth-order valence-corrected chi connectivity index (χ4v) is 3.03. The highest BCUT2D eigenvalue weighted by Gasteiger charge is 2.22. The van der Waals surface area contributed by atoms with Crippen LogP contribution in [0.15, 0.2) is 30.3 Å². The Morgan fingerprint density at radius 3 is 2.42 bits per heavy atom. The Morgan fingerprint density at radius 2 is 1.77 bits per heavy atom. The average Bonchev–Trinajstić information content (AvgIpc) is 2.61. The van der Waals surface area contributed by atoms with Crippen molar-refractivity contribution in [1.82, 2.24) is 5.32 Å². The van der Waals surface area contributed by atoms with E-state index in [1.54, 1.807) is 0 Å². The summed E-state index contributed by atoms with van der Waals surface area (Å²) in [4.78, 5) is 23.4. The van der Waals surface area contributed by atoms with Crippen LogP contribution in [0.4, 0.5) is 0 Å². The van der Waals surface area contributed by atoms with Crippen LogP contribution in [0, 0.1) is 0 Å². The lowest BCUT2D eigenvalue weighted by Crippen LogP contribution is -2.45. The molecule has 1 aromatic carbocycles. The average molecular weight is 363 g/mol. The molecule has 4 N–H and O–H groups in total. The molecule has 0 heterocycles. The highest BCUT2D eigenvalue weighted by Crippen LogP contribution is 2.12. The Kier molecular flexibility index (Phi) is 11.4. The summed E-state index contributed by atoms with van der Waals surface area (Å²) in [7, 11) is 0. The predicted octanol–water partition coefficient (Wildman–Crippen LogP) is 3.09. The van der Waals surface area contributed by atoms with E-state index in [1.165, 1.54) is 18.4 Å². The van der Waals surface area contributed by atoms with Gasteiger partial charge in [-0.3, -0.25) is 9.59 Å². The molecule has 5 heteroatoms. The minimum atomic E-state index is -0.768. The number of unbranched alkanes of at least 4 members (excludes halogenated alkanes) is 4. The number of primary amides is 1. The van der Waals surface area contributed by atoms with E-state index in [9.17, 15) is 14.7 Å². The molecule has 0 saturated carbocycles. The zero-order valence-corrected chi connectivity index (χ0v) is 16.0. The van der Waals surface area contributed by atoms with E-state index in [2.05, 4.69) is 12.2 Å². The van der Waals surface area contributed by atoms with Crippen molar-refractivity contribution in [2.75, 3.05) is 0 Å². The van der Waals surface area contributed by atoms with Gasteiger partial charge in [0.05, 0.1) is 12.1 Å². The molecule has 0 saturated heterocycles. The second-order valence-electron chi connectivity index (χ2n) is 6.95. The Hall–Kier alpha value is -1.88. The van der Waals surface area contributed by atoms with Crippen LogP contribution in [-0.2, 0) is 16.0 Å². The molecule has 0 aliphatic carbocycles. The van der Waals surface area contributed by atoms with Gasteiger partial charge in [0.1, 0.15) is 0 Å². The molecular weight excluding hydrogens is 328 g/mol. The molecule has 0 spiro atoms. The summed E-state index contributed by atoms with van der Waals surface area (Å²) in [5.41, 5.74) is 6.49. The van der Waals surface area contributed by atoms with Crippen molar-refractivity contribution in [2.45, 2.75) is 83.3 Å². The van der Waals surface area contributed by atoms with Crippen molar-refractivity contribution in [1.29, 1.82) is 0 Å². The van der Waals surface area contributed by atoms with Crippen LogP contribution < -0.4 is 11.1 Å². The van der Waals surface area contributed by atoms with Crippen LogP contribution in [0.3, 0.4) is 0 Å². The predicted molar refractivity (Wildman–Crippen MR) is 105 cm³/mol. The quantitative estimate of drug-likeness (QED) is 0.444. The molecule has 0 radical (unpaired) electrons. The molecule has 0 aliphatic heterocycles. The number of benzene rings is 1. The molecule has 1 unspecified atom stereocenters. The van der Waals surface area contributed by atoms with Crippen molar-refractivity contribution in [3.63, 3.8) is 0 Å². The third-order valence-corrected chi connectivity index (χ3v) is 4.55. The van der Waals surface area contributed by atoms with Crippen LogP contribution in [0.1, 0.15) is 70.3 Å². The summed E-state index contributed by atoms with van der Waals surface area (Å²) in [6.07, 6.45) is 7.13. The molecule has 26 heavy (non-hydrogen) atoms. The normalized spacial score (nSPS) is 13.2. The molecule has 5 nitrogen and oxygen atoms in total. The van der Waals surface area contributed by atoms with Gasteiger partial charge < -0.3 is 16.2 Å². The van der Waals surface area contributed by atoms with Crippen LogP contribution in [0.2, 0.25) is 0 Å². The monoisotopic (exact) mass is 362 g/mol. The Bertz CT molecular complexity index is 519. The van der Waals surface area contributed by atoms with E-state index in [0.717, 1.165) is 32.1 Å². The minimum absolute atomic E-state index is 0.0337. The zero-order valence-electron chi connectivity index (χ0n) is 16.0. The molecule has 1 rings (SSSR count). The first-order valence-corrected chi connectivity index (χ1v) is 9.82. The van der Waals surface area contributed by atoms with Crippen molar-refractivity contribution >= 4 is 11.8 Å². The Balaban J connectivity index is 2.38. The van der Waals surface area contributed by atoms with E-state index in [4.69, 9.17) is 5.73 Å². The summed E-state index contributed by atoms with van der Waals surface area (Å²) in [6, 6.07) is 9.44. The van der Waals surface area contributed by atoms with Crippen molar-refractivity contribution in [3.8, 4) is 0 Å². The van der Waals surface area contributed by atoms with Crippen LogP contribution in [0.25, 0.3) is 0 Å². The molecule has 2 atom stereocenters. The molecule has 0 bridgehead atoms. The van der Waals surface area contributed by atoms with Crippen LogP contribution in [-0.4, -0.2) is 29.1 Å². The molecule has 146 valence electrons. The number of hydrogen-bond acceptors (Lipinski definition) is 3. The third-order valence-electron chi connectivity index (χ3n) is 4.55. The molecule has 1 aromatic rings. The number of aliphatic hydroxyl groups is 1. The first kappa shape index (κ1) is 22.2. The number of carbonyl (C=O) groups excluding carboxylic acids is 2. The van der Waals surface area contributed by atoms with Crippen LogP contribution >= 0.6 is 0 Å². The summed E-state index contributed by atoms with van der Waals surface area (Å²) >= 11 is 0. The van der Waals surface area contributed by atoms with E-state index in [1.807, 2.05) is 30.3 Å². The maximum atomic E-state index is 12.1. The second-order valence-corrected chi connectivity index (χ2v) is 6.95. The van der Waals surface area contributed by atoms with Gasteiger partial charge in [-0.15, -0.1) is 0 Å². The fourth-order valence-electron chi connectivity index (χ4n) is 3.03. The van der Waals surface area contributed by atoms with Crippen molar-refractivity contribution < 1.29 is 14.7 Å². The topological polar surface area (TPSA) is 92.4 Å². The lowest BCUT2D eigenvalue weighted by Gasteiger charge is -2.23. The van der Waals surface area contributed by atoms with E-state index >= 15 is 0 Å². The lowest BCUT2D eigenvalue weighted by atomic mass is 9.99. The number of hydrogen-bond donors (Lipinski definition) is 3. The SMILES string of the molecule is CCCCCCCC(=O)N[C@H](CC(N)=O)C(O)CCCc1ccccc1. The van der Waals surface area contributed by atoms with Crippen molar-refractivity contribution in [3.05, 3.63) is 35.9 Å². The number of aryl methyl sites for hydroxylation is 1. The lowest BCUT2D eigenvalue weighted by molar-refractivity contribution is -0.124. The number of nitrogens with two attached hydrogens (primary N) is 1. The highest BCUT2D eigenvalue weighted by atomic mass is 16.3. The highest BCUT2D eigenvalue weighted by molar-refractivity contribution is 5.78. The van der Waals surface area contributed by atoms with Gasteiger partial charge in [-0.1, -0.05) is 62.9 Å². The first-order chi connectivity index (χ1) is 12.5.